The van der Waals surface area contributed by atoms with Gasteiger partial charge in [-0.05, 0) is 44.2 Å². The molecule has 0 radical (unpaired) electrons. The first-order valence-corrected chi connectivity index (χ1v) is 7.79. The molecular formula is C15H24N6O2. The van der Waals surface area contributed by atoms with Gasteiger partial charge in [0.1, 0.15) is 5.69 Å². The molecule has 2 rings (SSSR count). The maximum atomic E-state index is 12.1. The van der Waals surface area contributed by atoms with Gasteiger partial charge in [0.25, 0.3) is 5.56 Å². The van der Waals surface area contributed by atoms with E-state index >= 15 is 0 Å². The van der Waals surface area contributed by atoms with Gasteiger partial charge in [-0.25, -0.2) is 4.68 Å². The van der Waals surface area contributed by atoms with E-state index in [1.54, 1.807) is 6.07 Å². The maximum absolute atomic E-state index is 12.1. The van der Waals surface area contributed by atoms with E-state index in [9.17, 15) is 9.59 Å². The highest BCUT2D eigenvalue weighted by Gasteiger charge is 2.23. The molecule has 0 aliphatic heterocycles. The molecule has 1 aromatic heterocycles. The Labute approximate surface area is 134 Å². The van der Waals surface area contributed by atoms with Crippen LogP contribution in [0.5, 0.6) is 0 Å². The molecule has 8 nitrogen and oxygen atoms in total. The van der Waals surface area contributed by atoms with Crippen molar-refractivity contribution in [2.24, 2.45) is 23.1 Å². The second kappa shape index (κ2) is 7.77. The van der Waals surface area contributed by atoms with Crippen LogP contribution in [-0.4, -0.2) is 28.8 Å². The van der Waals surface area contributed by atoms with Crippen molar-refractivity contribution in [2.45, 2.75) is 31.7 Å². The summed E-state index contributed by atoms with van der Waals surface area (Å²) in [5.74, 6) is 0.0525. The van der Waals surface area contributed by atoms with E-state index in [0.29, 0.717) is 23.9 Å². The molecule has 8 heteroatoms. The summed E-state index contributed by atoms with van der Waals surface area (Å²) >= 11 is 0. The van der Waals surface area contributed by atoms with Gasteiger partial charge < -0.3 is 22.5 Å². The average Bonchev–Trinajstić information content (AvgIpc) is 2.55. The Morgan fingerprint density at radius 3 is 2.61 bits per heavy atom. The minimum absolute atomic E-state index is 0.0105. The summed E-state index contributed by atoms with van der Waals surface area (Å²) in [4.78, 5) is 22.8. The smallest absolute Gasteiger partial charge is 0.267 e. The molecular weight excluding hydrogens is 296 g/mol. The van der Waals surface area contributed by atoms with Crippen LogP contribution >= 0.6 is 0 Å². The van der Waals surface area contributed by atoms with Gasteiger partial charge in [0.2, 0.25) is 5.91 Å². The van der Waals surface area contributed by atoms with Gasteiger partial charge in [0.05, 0.1) is 18.3 Å². The van der Waals surface area contributed by atoms with E-state index in [1.165, 1.54) is 16.9 Å². The maximum Gasteiger partial charge on any atom is 0.267 e. The molecule has 1 heterocycles. The number of nitrogens with one attached hydrogen (secondary N) is 1. The fraction of sp³-hybridized carbons (Fsp3) is 0.533. The van der Waals surface area contributed by atoms with Crippen LogP contribution < -0.4 is 28.1 Å². The van der Waals surface area contributed by atoms with Crippen LogP contribution in [-0.2, 0) is 4.79 Å². The first-order valence-electron chi connectivity index (χ1n) is 7.79. The molecule has 23 heavy (non-hydrogen) atoms. The van der Waals surface area contributed by atoms with E-state index < -0.39 is 5.91 Å². The monoisotopic (exact) mass is 320 g/mol. The van der Waals surface area contributed by atoms with E-state index in [-0.39, 0.29) is 18.1 Å². The first-order chi connectivity index (χ1) is 11.0. The zero-order valence-corrected chi connectivity index (χ0v) is 13.1. The van der Waals surface area contributed by atoms with Gasteiger partial charge in [0.15, 0.2) is 0 Å². The van der Waals surface area contributed by atoms with Crippen LogP contribution in [0.25, 0.3) is 5.70 Å². The summed E-state index contributed by atoms with van der Waals surface area (Å²) in [5, 5.41) is 7.08. The van der Waals surface area contributed by atoms with E-state index in [1.807, 2.05) is 0 Å². The molecule has 126 valence electrons. The normalized spacial score (nSPS) is 21.9. The fourth-order valence-corrected chi connectivity index (χ4v) is 2.80. The highest BCUT2D eigenvalue weighted by molar-refractivity contribution is 5.76. The zero-order chi connectivity index (χ0) is 16.8. The Bertz CT molecular complexity index is 631. The highest BCUT2D eigenvalue weighted by atomic mass is 16.1. The Balaban J connectivity index is 2.13. The Morgan fingerprint density at radius 1 is 1.30 bits per heavy atom. The Morgan fingerprint density at radius 2 is 2.00 bits per heavy atom. The topological polar surface area (TPSA) is 142 Å². The predicted octanol–water partition coefficient (Wildman–Crippen LogP) is -0.735. The van der Waals surface area contributed by atoms with Crippen LogP contribution in [0.3, 0.4) is 0 Å². The third-order valence-electron chi connectivity index (χ3n) is 4.15. The fourth-order valence-electron chi connectivity index (χ4n) is 2.80. The summed E-state index contributed by atoms with van der Waals surface area (Å²) in [7, 11) is 0. The van der Waals surface area contributed by atoms with Gasteiger partial charge in [-0.2, -0.15) is 5.10 Å². The molecule has 0 aromatic carbocycles. The number of rotatable bonds is 6. The molecule has 1 fully saturated rings. The first kappa shape index (κ1) is 17.0. The van der Waals surface area contributed by atoms with Crippen molar-refractivity contribution in [3.05, 3.63) is 34.4 Å². The molecule has 7 N–H and O–H groups in total. The van der Waals surface area contributed by atoms with Crippen molar-refractivity contribution in [2.75, 3.05) is 13.1 Å². The van der Waals surface area contributed by atoms with Crippen molar-refractivity contribution in [3.63, 3.8) is 0 Å². The number of carbonyl (C=O) groups is 1. The second-order valence-electron chi connectivity index (χ2n) is 5.86. The van der Waals surface area contributed by atoms with Crippen molar-refractivity contribution in [3.8, 4) is 0 Å². The highest BCUT2D eigenvalue weighted by Crippen LogP contribution is 2.30. The lowest BCUT2D eigenvalue weighted by Gasteiger charge is -2.28. The summed E-state index contributed by atoms with van der Waals surface area (Å²) in [6, 6.07) is 3.12. The number of nitrogens with two attached hydrogens (primary N) is 3. The third kappa shape index (κ3) is 4.56. The summed E-state index contributed by atoms with van der Waals surface area (Å²) in [5.41, 5.74) is 17.4. The molecule has 0 saturated heterocycles. The SMILES string of the molecule is NCC1CCC(n2nc(/C(N)=C/NCC(N)=O)ccc2=O)CC1. The molecule has 0 atom stereocenters. The van der Waals surface area contributed by atoms with Crippen molar-refractivity contribution < 1.29 is 4.79 Å². The van der Waals surface area contributed by atoms with Gasteiger partial charge in [-0.1, -0.05) is 0 Å². The molecule has 0 bridgehead atoms. The van der Waals surface area contributed by atoms with Crippen LogP contribution in [0.4, 0.5) is 0 Å². The number of amides is 1. The molecule has 1 aliphatic carbocycles. The molecule has 0 unspecified atom stereocenters. The van der Waals surface area contributed by atoms with Gasteiger partial charge >= 0.3 is 0 Å². The van der Waals surface area contributed by atoms with Gasteiger partial charge in [-0.15, -0.1) is 0 Å². The van der Waals surface area contributed by atoms with Crippen molar-refractivity contribution in [1.82, 2.24) is 15.1 Å². The number of primary amides is 1. The largest absolute Gasteiger partial charge is 0.396 e. The molecule has 1 saturated carbocycles. The van der Waals surface area contributed by atoms with Gasteiger partial charge in [0, 0.05) is 12.3 Å². The molecule has 1 aliphatic rings. The third-order valence-corrected chi connectivity index (χ3v) is 4.15. The quantitative estimate of drug-likeness (QED) is 0.544. The number of hydrogen-bond donors (Lipinski definition) is 4. The average molecular weight is 320 g/mol. The number of nitrogens with zero attached hydrogens (tertiary/aromatic N) is 2. The van der Waals surface area contributed by atoms with Gasteiger partial charge in [-0.3, -0.25) is 9.59 Å². The standard InChI is InChI=1S/C15H24N6O2/c16-7-10-1-3-11(4-2-10)21-15(23)6-5-13(20-21)12(17)8-19-9-14(18)22/h5-6,8,10-11,19H,1-4,7,9,16-17H2,(H2,18,22)/b12-8-. The molecule has 1 amide bonds. The number of aromatic nitrogens is 2. The lowest BCUT2D eigenvalue weighted by molar-refractivity contribution is -0.117. The van der Waals surface area contributed by atoms with Crippen LogP contribution in [0.1, 0.15) is 37.4 Å². The number of hydrogen-bond acceptors (Lipinski definition) is 6. The minimum Gasteiger partial charge on any atom is -0.396 e. The van der Waals surface area contributed by atoms with Crippen molar-refractivity contribution in [1.29, 1.82) is 0 Å². The molecule has 0 spiro atoms. The summed E-state index contributed by atoms with van der Waals surface area (Å²) in [6.07, 6.45) is 5.26. The summed E-state index contributed by atoms with van der Waals surface area (Å²) < 4.78 is 1.51. The predicted molar refractivity (Wildman–Crippen MR) is 87.9 cm³/mol. The Hall–Kier alpha value is -2.35. The molecule has 1 aromatic rings. The number of carbonyl (C=O) groups excluding carboxylic acids is 1. The summed E-state index contributed by atoms with van der Waals surface area (Å²) in [6.45, 7) is 0.680. The van der Waals surface area contributed by atoms with E-state index in [4.69, 9.17) is 17.2 Å². The lowest BCUT2D eigenvalue weighted by atomic mass is 9.86. The van der Waals surface area contributed by atoms with E-state index in [2.05, 4.69) is 10.4 Å². The van der Waals surface area contributed by atoms with Crippen molar-refractivity contribution >= 4 is 11.6 Å². The van der Waals surface area contributed by atoms with Crippen LogP contribution in [0, 0.1) is 5.92 Å². The van der Waals surface area contributed by atoms with E-state index in [0.717, 1.165) is 25.7 Å². The van der Waals surface area contributed by atoms with Crippen LogP contribution in [0.2, 0.25) is 0 Å². The van der Waals surface area contributed by atoms with Crippen LogP contribution in [0.15, 0.2) is 23.1 Å². The lowest BCUT2D eigenvalue weighted by Crippen LogP contribution is -2.32. The zero-order valence-electron chi connectivity index (χ0n) is 13.1. The Kier molecular flexibility index (Phi) is 5.75. The second-order valence-corrected chi connectivity index (χ2v) is 5.86. The minimum atomic E-state index is -0.483.